The Morgan fingerprint density at radius 3 is 1.38 bits per heavy atom. The molecule has 0 bridgehead atoms. The first-order chi connectivity index (χ1) is 16.8. The normalized spacial score (nSPS) is 16.9. The number of nitrogens with zero attached hydrogens (tertiary/aromatic N) is 6. The summed E-state index contributed by atoms with van der Waals surface area (Å²) in [5, 5.41) is 16.1. The number of carbonyl (C=O) groups excluding carboxylic acids is 1. The summed E-state index contributed by atoms with van der Waals surface area (Å²) in [6.45, 7) is 0. The van der Waals surface area contributed by atoms with Gasteiger partial charge in [0.1, 0.15) is 37.4 Å². The molecule has 0 N–H and O–H groups in total. The van der Waals surface area contributed by atoms with Gasteiger partial charge in [-0.2, -0.15) is 0 Å². The minimum absolute atomic E-state index is 0.0473. The van der Waals surface area contributed by atoms with Crippen LogP contribution in [0.4, 0.5) is 0 Å². The lowest BCUT2D eigenvalue weighted by Crippen LogP contribution is -2.30. The fraction of sp³-hybridized carbons (Fsp3) is 0.370. The van der Waals surface area contributed by atoms with Crippen LogP contribution in [0.5, 0.6) is 0 Å². The fourth-order valence-electron chi connectivity index (χ4n) is 5.65. The molecule has 0 saturated heterocycles. The van der Waals surface area contributed by atoms with Crippen molar-refractivity contribution < 1.29 is 4.79 Å². The summed E-state index contributed by atoms with van der Waals surface area (Å²) in [6.07, 6.45) is 15.7. The van der Waals surface area contributed by atoms with E-state index in [4.69, 9.17) is 0 Å². The molecule has 2 aliphatic rings. The molecule has 0 radical (unpaired) electrons. The second-order valence-corrected chi connectivity index (χ2v) is 9.50. The van der Waals surface area contributed by atoms with Gasteiger partial charge in [0.05, 0.1) is 0 Å². The number of aromatic nitrogens is 6. The molecule has 0 spiro atoms. The first-order valence-corrected chi connectivity index (χ1v) is 12.2. The predicted octanol–water partition coefficient (Wildman–Crippen LogP) is 4.08. The number of fused-ring (bicyclic) bond motifs is 2. The Morgan fingerprint density at radius 2 is 0.971 bits per heavy atom. The Hall–Kier alpha value is -3.61. The van der Waals surface area contributed by atoms with Crippen LogP contribution in [-0.4, -0.2) is 35.3 Å². The second-order valence-electron chi connectivity index (χ2n) is 9.50. The second kappa shape index (κ2) is 8.97. The maximum Gasteiger partial charge on any atom is 0.187 e. The summed E-state index contributed by atoms with van der Waals surface area (Å²) in [5.41, 5.74) is 7.45. The Bertz CT molecular complexity index is 1200. The van der Waals surface area contributed by atoms with E-state index in [0.29, 0.717) is 0 Å². The lowest BCUT2D eigenvalue weighted by Gasteiger charge is -2.27. The molecule has 0 saturated carbocycles. The molecular formula is C27H28N6O. The molecule has 2 aromatic carbocycles. The number of Topliss-reactive ketones (excluding diaryl/α,β-unsaturated/α-hetero) is 1. The summed E-state index contributed by atoms with van der Waals surface area (Å²) in [6, 6.07) is 11.9. The van der Waals surface area contributed by atoms with Crippen molar-refractivity contribution in [2.45, 2.75) is 63.5 Å². The number of benzene rings is 2. The average Bonchev–Trinajstić information content (AvgIpc) is 3.60. The molecule has 6 rings (SSSR count). The number of rotatable bonds is 6. The third-order valence-electron chi connectivity index (χ3n) is 7.39. The van der Waals surface area contributed by atoms with Crippen LogP contribution in [-0.2, 0) is 30.5 Å². The zero-order valence-electron chi connectivity index (χ0n) is 19.2. The van der Waals surface area contributed by atoms with Gasteiger partial charge in [0.25, 0.3) is 0 Å². The Labute approximate surface area is 198 Å². The largest absolute Gasteiger partial charge is 0.305 e. The van der Waals surface area contributed by atoms with E-state index in [-0.39, 0.29) is 5.78 Å². The monoisotopic (exact) mass is 452 g/mol. The summed E-state index contributed by atoms with van der Waals surface area (Å²) >= 11 is 0. The molecule has 2 unspecified atom stereocenters. The van der Waals surface area contributed by atoms with Gasteiger partial charge in [-0.05, 0) is 84.7 Å². The predicted molar refractivity (Wildman–Crippen MR) is 127 cm³/mol. The van der Waals surface area contributed by atoms with Crippen LogP contribution >= 0.6 is 0 Å². The summed E-state index contributed by atoms with van der Waals surface area (Å²) in [4.78, 5) is 14.4. The van der Waals surface area contributed by atoms with E-state index in [1.54, 1.807) is 25.3 Å². The van der Waals surface area contributed by atoms with Gasteiger partial charge in [-0.3, -0.25) is 4.79 Å². The van der Waals surface area contributed by atoms with Gasteiger partial charge in [0.15, 0.2) is 5.78 Å². The van der Waals surface area contributed by atoms with E-state index in [2.05, 4.69) is 56.8 Å². The molecule has 0 amide bonds. The molecule has 0 aliphatic heterocycles. The van der Waals surface area contributed by atoms with Crippen LogP contribution in [0, 0.1) is 0 Å². The maximum absolute atomic E-state index is 14.4. The van der Waals surface area contributed by atoms with Crippen LogP contribution < -0.4 is 0 Å². The standard InChI is InChI=1S/C27H28N6O/c34-27(25(32-15-28-29-16-32)23-11-9-19-5-1-3-7-21(19)13-23)26(33-17-30-31-18-33)24-12-10-20-6-2-4-8-22(20)14-24/h9-18,25-26H,1-8H2. The molecule has 172 valence electrons. The van der Waals surface area contributed by atoms with E-state index in [1.165, 1.54) is 47.9 Å². The van der Waals surface area contributed by atoms with Crippen LogP contribution in [0.25, 0.3) is 0 Å². The van der Waals surface area contributed by atoms with E-state index in [0.717, 1.165) is 36.8 Å². The molecule has 2 atom stereocenters. The molecule has 0 fully saturated rings. The highest BCUT2D eigenvalue weighted by Crippen LogP contribution is 2.33. The summed E-state index contributed by atoms with van der Waals surface area (Å²) in [5.74, 6) is 0.0473. The van der Waals surface area contributed by atoms with Gasteiger partial charge in [0.2, 0.25) is 0 Å². The maximum atomic E-state index is 14.4. The molecular weight excluding hydrogens is 424 g/mol. The first-order valence-electron chi connectivity index (χ1n) is 12.2. The van der Waals surface area contributed by atoms with E-state index in [9.17, 15) is 4.79 Å². The minimum atomic E-state index is -0.536. The third kappa shape index (κ3) is 3.85. The summed E-state index contributed by atoms with van der Waals surface area (Å²) in [7, 11) is 0. The zero-order chi connectivity index (χ0) is 22.9. The van der Waals surface area contributed by atoms with Gasteiger partial charge >= 0.3 is 0 Å². The van der Waals surface area contributed by atoms with Crippen molar-refractivity contribution in [2.75, 3.05) is 0 Å². The summed E-state index contributed by atoms with van der Waals surface area (Å²) < 4.78 is 3.64. The highest BCUT2D eigenvalue weighted by molar-refractivity contribution is 5.91. The van der Waals surface area contributed by atoms with Crippen LogP contribution in [0.3, 0.4) is 0 Å². The van der Waals surface area contributed by atoms with Crippen LogP contribution in [0.2, 0.25) is 0 Å². The molecule has 2 heterocycles. The highest BCUT2D eigenvalue weighted by atomic mass is 16.1. The first kappa shape index (κ1) is 21.0. The van der Waals surface area contributed by atoms with Crippen molar-refractivity contribution >= 4 is 5.78 Å². The molecule has 2 aliphatic carbocycles. The van der Waals surface area contributed by atoms with Crippen LogP contribution in [0.1, 0.15) is 71.1 Å². The Morgan fingerprint density at radius 1 is 0.588 bits per heavy atom. The van der Waals surface area contributed by atoms with Crippen molar-refractivity contribution in [1.29, 1.82) is 0 Å². The lowest BCUT2D eigenvalue weighted by molar-refractivity contribution is -0.123. The van der Waals surface area contributed by atoms with Gasteiger partial charge in [-0.25, -0.2) is 0 Å². The smallest absolute Gasteiger partial charge is 0.187 e. The number of hydrogen-bond donors (Lipinski definition) is 0. The van der Waals surface area contributed by atoms with Gasteiger partial charge in [0, 0.05) is 0 Å². The van der Waals surface area contributed by atoms with Crippen LogP contribution in [0.15, 0.2) is 61.7 Å². The Balaban J connectivity index is 1.45. The number of aryl methyl sites for hydroxylation is 4. The van der Waals surface area contributed by atoms with Crippen molar-refractivity contribution in [3.63, 3.8) is 0 Å². The molecule has 2 aromatic heterocycles. The van der Waals surface area contributed by atoms with Crippen molar-refractivity contribution in [3.05, 3.63) is 95.1 Å². The minimum Gasteiger partial charge on any atom is -0.305 e. The molecule has 7 nitrogen and oxygen atoms in total. The van der Waals surface area contributed by atoms with Crippen molar-refractivity contribution in [2.24, 2.45) is 0 Å². The Kier molecular flexibility index (Phi) is 5.53. The molecule has 34 heavy (non-hydrogen) atoms. The fourth-order valence-corrected chi connectivity index (χ4v) is 5.65. The zero-order valence-corrected chi connectivity index (χ0v) is 19.2. The SMILES string of the molecule is O=C(C(c1ccc2c(c1)CCCC2)n1cnnc1)C(c1ccc2c(c1)CCCC2)n1cnnc1. The highest BCUT2D eigenvalue weighted by Gasteiger charge is 2.33. The lowest BCUT2D eigenvalue weighted by atomic mass is 9.85. The van der Waals surface area contributed by atoms with Crippen molar-refractivity contribution in [3.8, 4) is 0 Å². The number of carbonyl (C=O) groups is 1. The molecule has 7 heteroatoms. The van der Waals surface area contributed by atoms with E-state index < -0.39 is 12.1 Å². The van der Waals surface area contributed by atoms with E-state index >= 15 is 0 Å². The van der Waals surface area contributed by atoms with Gasteiger partial charge < -0.3 is 9.13 Å². The molecule has 4 aromatic rings. The third-order valence-corrected chi connectivity index (χ3v) is 7.39. The number of ketones is 1. The average molecular weight is 453 g/mol. The van der Waals surface area contributed by atoms with Crippen molar-refractivity contribution in [1.82, 2.24) is 29.5 Å². The quantitative estimate of drug-likeness (QED) is 0.441. The van der Waals surface area contributed by atoms with Gasteiger partial charge in [-0.1, -0.05) is 36.4 Å². The number of hydrogen-bond acceptors (Lipinski definition) is 5. The van der Waals surface area contributed by atoms with Gasteiger partial charge in [-0.15, -0.1) is 20.4 Å². The van der Waals surface area contributed by atoms with E-state index in [1.807, 2.05) is 9.13 Å². The topological polar surface area (TPSA) is 78.5 Å².